The van der Waals surface area contributed by atoms with Crippen LogP contribution in [0.2, 0.25) is 0 Å². The van der Waals surface area contributed by atoms with Gasteiger partial charge < -0.3 is 4.48 Å². The average Bonchev–Trinajstić information content (AvgIpc) is 2.02. The lowest BCUT2D eigenvalue weighted by molar-refractivity contribution is -0.870. The second kappa shape index (κ2) is 6.56. The van der Waals surface area contributed by atoms with Crippen LogP contribution < -0.4 is 5.48 Å². The molecule has 0 aliphatic carbocycles. The highest BCUT2D eigenvalue weighted by atomic mass is 16.6. The van der Waals surface area contributed by atoms with Gasteiger partial charge in [0.15, 0.2) is 0 Å². The number of nitrogens with one attached hydrogen (secondary N) is 1. The Balaban J connectivity index is 3.35. The van der Waals surface area contributed by atoms with Gasteiger partial charge in [0.05, 0.1) is 34.3 Å². The van der Waals surface area contributed by atoms with Crippen molar-refractivity contribution < 1.29 is 14.1 Å². The molecule has 0 atom stereocenters. The highest BCUT2D eigenvalue weighted by Gasteiger charge is 2.05. The Labute approximate surface area is 86.1 Å². The zero-order valence-electron chi connectivity index (χ0n) is 9.54. The number of carbonyl (C=O) groups is 1. The number of quaternary nitrogens is 1. The Morgan fingerprint density at radius 2 is 2.07 bits per heavy atom. The fraction of sp³-hybridized carbons (Fsp3) is 0.700. The van der Waals surface area contributed by atoms with E-state index < -0.39 is 0 Å². The molecular formula is C10H21N2O2+. The van der Waals surface area contributed by atoms with E-state index in [9.17, 15) is 4.79 Å². The lowest BCUT2D eigenvalue weighted by atomic mass is 10.4. The first-order valence-electron chi connectivity index (χ1n) is 4.80. The molecule has 0 saturated heterocycles. The van der Waals surface area contributed by atoms with E-state index in [0.717, 1.165) is 17.4 Å². The average molecular weight is 201 g/mol. The Kier molecular flexibility index (Phi) is 6.16. The standard InChI is InChI=1S/C10H20N2O2/c1-5-7-10(13)11-14-9-6-8-12(2,3)4/h5,7H,6,8-9H2,1-4H3/p+1. The van der Waals surface area contributed by atoms with Crippen LogP contribution in [0.15, 0.2) is 12.2 Å². The van der Waals surface area contributed by atoms with Crippen LogP contribution in [0, 0.1) is 0 Å². The maximum absolute atomic E-state index is 10.9. The highest BCUT2D eigenvalue weighted by molar-refractivity contribution is 5.86. The molecule has 1 amide bonds. The fourth-order valence-electron chi connectivity index (χ4n) is 0.919. The summed E-state index contributed by atoms with van der Waals surface area (Å²) in [5.74, 6) is -0.210. The molecular weight excluding hydrogens is 180 g/mol. The van der Waals surface area contributed by atoms with E-state index in [4.69, 9.17) is 4.84 Å². The van der Waals surface area contributed by atoms with Crippen molar-refractivity contribution in [1.29, 1.82) is 0 Å². The maximum Gasteiger partial charge on any atom is 0.267 e. The van der Waals surface area contributed by atoms with Crippen molar-refractivity contribution >= 4 is 5.91 Å². The van der Waals surface area contributed by atoms with Crippen LogP contribution in [-0.2, 0) is 9.63 Å². The summed E-state index contributed by atoms with van der Waals surface area (Å²) in [5, 5.41) is 0. The van der Waals surface area contributed by atoms with Crippen LogP contribution in [0.4, 0.5) is 0 Å². The third-order valence-corrected chi connectivity index (χ3v) is 1.57. The lowest BCUT2D eigenvalue weighted by Crippen LogP contribution is -2.36. The van der Waals surface area contributed by atoms with Gasteiger partial charge in [-0.2, -0.15) is 0 Å². The molecule has 0 rings (SSSR count). The molecule has 0 aliphatic heterocycles. The SMILES string of the molecule is CC=CC(=O)NOCCC[N+](C)(C)C. The second-order valence-electron chi connectivity index (χ2n) is 4.18. The molecule has 0 fully saturated rings. The zero-order valence-corrected chi connectivity index (χ0v) is 9.54. The summed E-state index contributed by atoms with van der Waals surface area (Å²) in [7, 11) is 6.37. The Morgan fingerprint density at radius 3 is 2.57 bits per heavy atom. The van der Waals surface area contributed by atoms with Gasteiger partial charge in [-0.15, -0.1) is 0 Å². The number of rotatable bonds is 6. The first-order chi connectivity index (χ1) is 6.45. The zero-order chi connectivity index (χ0) is 11.0. The number of amides is 1. The largest absolute Gasteiger partial charge is 0.331 e. The molecule has 0 aromatic carbocycles. The van der Waals surface area contributed by atoms with Gasteiger partial charge in [-0.05, 0) is 6.92 Å². The van der Waals surface area contributed by atoms with Crippen molar-refractivity contribution in [3.63, 3.8) is 0 Å². The lowest BCUT2D eigenvalue weighted by Gasteiger charge is -2.23. The highest BCUT2D eigenvalue weighted by Crippen LogP contribution is 1.92. The smallest absolute Gasteiger partial charge is 0.267 e. The predicted molar refractivity (Wildman–Crippen MR) is 56.4 cm³/mol. The third kappa shape index (κ3) is 9.22. The summed E-state index contributed by atoms with van der Waals surface area (Å²) in [6, 6.07) is 0. The predicted octanol–water partition coefficient (Wildman–Crippen LogP) is 0.707. The van der Waals surface area contributed by atoms with Crippen LogP contribution in [0.5, 0.6) is 0 Å². The first-order valence-corrected chi connectivity index (χ1v) is 4.80. The first kappa shape index (κ1) is 13.1. The van der Waals surface area contributed by atoms with Gasteiger partial charge in [0.1, 0.15) is 0 Å². The van der Waals surface area contributed by atoms with Crippen LogP contribution in [0.1, 0.15) is 13.3 Å². The Hall–Kier alpha value is -0.870. The van der Waals surface area contributed by atoms with Gasteiger partial charge >= 0.3 is 0 Å². The fourth-order valence-corrected chi connectivity index (χ4v) is 0.919. The number of carbonyl (C=O) groups excluding carboxylic acids is 1. The number of nitrogens with zero attached hydrogens (tertiary/aromatic N) is 1. The van der Waals surface area contributed by atoms with E-state index in [2.05, 4.69) is 26.6 Å². The summed E-state index contributed by atoms with van der Waals surface area (Å²) in [5.41, 5.74) is 2.34. The van der Waals surface area contributed by atoms with Gasteiger partial charge in [-0.3, -0.25) is 9.63 Å². The number of hydrogen-bond acceptors (Lipinski definition) is 2. The van der Waals surface area contributed by atoms with E-state index in [0.29, 0.717) is 6.61 Å². The maximum atomic E-state index is 10.9. The molecule has 0 aromatic rings. The van der Waals surface area contributed by atoms with Crippen LogP contribution in [0.3, 0.4) is 0 Å². The van der Waals surface area contributed by atoms with E-state index in [1.54, 1.807) is 13.0 Å². The molecule has 82 valence electrons. The van der Waals surface area contributed by atoms with E-state index >= 15 is 0 Å². The quantitative estimate of drug-likeness (QED) is 0.297. The van der Waals surface area contributed by atoms with Crippen LogP contribution in [-0.4, -0.2) is 44.7 Å². The minimum absolute atomic E-state index is 0.210. The van der Waals surface area contributed by atoms with Crippen LogP contribution >= 0.6 is 0 Å². The molecule has 0 spiro atoms. The molecule has 4 nitrogen and oxygen atoms in total. The van der Waals surface area contributed by atoms with E-state index in [1.165, 1.54) is 6.08 Å². The normalized spacial score (nSPS) is 12.0. The summed E-state index contributed by atoms with van der Waals surface area (Å²) in [6.07, 6.45) is 4.03. The van der Waals surface area contributed by atoms with E-state index in [1.807, 2.05) is 0 Å². The summed E-state index contributed by atoms with van der Waals surface area (Å²) in [6.45, 7) is 3.37. The molecule has 0 saturated carbocycles. The Bertz CT molecular complexity index is 195. The minimum atomic E-state index is -0.210. The summed E-state index contributed by atoms with van der Waals surface area (Å²) >= 11 is 0. The third-order valence-electron chi connectivity index (χ3n) is 1.57. The van der Waals surface area contributed by atoms with Gasteiger partial charge in [0, 0.05) is 12.5 Å². The molecule has 1 N–H and O–H groups in total. The molecule has 4 heteroatoms. The summed E-state index contributed by atoms with van der Waals surface area (Å²) in [4.78, 5) is 15.9. The molecule has 0 radical (unpaired) electrons. The van der Waals surface area contributed by atoms with Crippen molar-refractivity contribution in [2.75, 3.05) is 34.3 Å². The molecule has 0 heterocycles. The minimum Gasteiger partial charge on any atom is -0.331 e. The van der Waals surface area contributed by atoms with Gasteiger partial charge in [-0.1, -0.05) is 6.08 Å². The number of allylic oxidation sites excluding steroid dienone is 1. The molecule has 14 heavy (non-hydrogen) atoms. The molecule has 0 aromatic heterocycles. The monoisotopic (exact) mass is 201 g/mol. The molecule has 0 aliphatic rings. The number of hydrogen-bond donors (Lipinski definition) is 1. The van der Waals surface area contributed by atoms with Crippen molar-refractivity contribution in [3.8, 4) is 0 Å². The number of hydroxylamine groups is 1. The molecule has 0 unspecified atom stereocenters. The summed E-state index contributed by atoms with van der Waals surface area (Å²) < 4.78 is 0.909. The van der Waals surface area contributed by atoms with Crippen molar-refractivity contribution in [3.05, 3.63) is 12.2 Å². The topological polar surface area (TPSA) is 38.3 Å². The van der Waals surface area contributed by atoms with Gasteiger partial charge in [0.25, 0.3) is 5.91 Å². The van der Waals surface area contributed by atoms with Gasteiger partial charge in [-0.25, -0.2) is 5.48 Å². The van der Waals surface area contributed by atoms with E-state index in [-0.39, 0.29) is 5.91 Å². The Morgan fingerprint density at radius 1 is 1.43 bits per heavy atom. The molecule has 0 bridgehead atoms. The van der Waals surface area contributed by atoms with Crippen molar-refractivity contribution in [1.82, 2.24) is 5.48 Å². The second-order valence-corrected chi connectivity index (χ2v) is 4.18. The van der Waals surface area contributed by atoms with Crippen molar-refractivity contribution in [2.24, 2.45) is 0 Å². The van der Waals surface area contributed by atoms with Crippen LogP contribution in [0.25, 0.3) is 0 Å². The van der Waals surface area contributed by atoms with Gasteiger partial charge in [0.2, 0.25) is 0 Å². The van der Waals surface area contributed by atoms with Crippen molar-refractivity contribution in [2.45, 2.75) is 13.3 Å².